The number of rotatable bonds is 8. The first-order valence-corrected chi connectivity index (χ1v) is 9.77. The summed E-state index contributed by atoms with van der Waals surface area (Å²) in [7, 11) is 5.38. The molecular weight excluding hydrogens is 372 g/mol. The van der Waals surface area contributed by atoms with Crippen LogP contribution in [0.5, 0.6) is 5.75 Å². The molecule has 0 unspecified atom stereocenters. The molecule has 8 nitrogen and oxygen atoms in total. The van der Waals surface area contributed by atoms with E-state index in [0.29, 0.717) is 6.54 Å². The Morgan fingerprint density at radius 1 is 1.46 bits per heavy atom. The van der Waals surface area contributed by atoms with E-state index in [1.165, 1.54) is 11.3 Å². The zero-order valence-corrected chi connectivity index (χ0v) is 16.4. The Hall–Kier alpha value is -2.33. The number of aryl methyl sites for hydroxylation is 1. The third-order valence-electron chi connectivity index (χ3n) is 3.62. The maximum Gasteiger partial charge on any atom is 0.239 e. The van der Waals surface area contributed by atoms with Gasteiger partial charge in [-0.15, -0.1) is 10.2 Å². The van der Waals surface area contributed by atoms with Crippen molar-refractivity contribution in [2.45, 2.75) is 5.16 Å². The number of amides is 1. The number of para-hydroxylation sites is 1. The minimum atomic E-state index is -0.0442. The Balaban J connectivity index is 1.50. The summed E-state index contributed by atoms with van der Waals surface area (Å²) in [5.74, 6) is 1.43. The van der Waals surface area contributed by atoms with E-state index in [2.05, 4.69) is 20.5 Å². The molecule has 0 fully saturated rings. The monoisotopic (exact) mass is 392 g/mol. The predicted molar refractivity (Wildman–Crippen MR) is 104 cm³/mol. The summed E-state index contributed by atoms with van der Waals surface area (Å²) in [5.41, 5.74) is 0.822. The highest BCUT2D eigenvalue weighted by atomic mass is 32.2. The molecule has 138 valence electrons. The van der Waals surface area contributed by atoms with Gasteiger partial charge >= 0.3 is 0 Å². The number of nitrogens with one attached hydrogen (secondary N) is 1. The van der Waals surface area contributed by atoms with Crippen LogP contribution in [-0.2, 0) is 11.8 Å². The third-order valence-corrected chi connectivity index (χ3v) is 5.79. The van der Waals surface area contributed by atoms with E-state index in [0.717, 1.165) is 32.0 Å². The summed E-state index contributed by atoms with van der Waals surface area (Å²) < 4.78 is 8.22. The molecule has 0 aliphatic heterocycles. The van der Waals surface area contributed by atoms with Crippen molar-refractivity contribution in [3.8, 4) is 5.75 Å². The molecule has 0 bridgehead atoms. The van der Waals surface area contributed by atoms with Crippen molar-refractivity contribution in [2.75, 3.05) is 37.9 Å². The van der Waals surface area contributed by atoms with E-state index >= 15 is 0 Å². The number of nitrogens with zero attached hydrogens (tertiary/aromatic N) is 5. The number of thioether (sulfide) groups is 1. The lowest BCUT2D eigenvalue weighted by atomic mass is 10.3. The van der Waals surface area contributed by atoms with Crippen LogP contribution in [0.15, 0.2) is 29.7 Å². The number of ether oxygens (including phenoxy) is 1. The molecule has 1 N–H and O–H groups in total. The standard InChI is InChI=1S/C16H20N6O2S2/c1-21(15-19-14-11(24-3)5-4-6-12(14)26-15)9-13(23)17-7-8-25-16-20-18-10-22(16)2/h4-6,10H,7-9H2,1-3H3,(H,17,23). The van der Waals surface area contributed by atoms with Crippen LogP contribution in [-0.4, -0.2) is 58.7 Å². The van der Waals surface area contributed by atoms with Crippen molar-refractivity contribution < 1.29 is 9.53 Å². The largest absolute Gasteiger partial charge is 0.494 e. The van der Waals surface area contributed by atoms with Gasteiger partial charge in [-0.2, -0.15) is 0 Å². The van der Waals surface area contributed by atoms with Crippen molar-refractivity contribution in [1.82, 2.24) is 25.1 Å². The fraction of sp³-hybridized carbons (Fsp3) is 0.375. The van der Waals surface area contributed by atoms with Crippen molar-refractivity contribution in [2.24, 2.45) is 7.05 Å². The second kappa shape index (κ2) is 8.37. The average Bonchev–Trinajstić information content (AvgIpc) is 3.24. The van der Waals surface area contributed by atoms with Gasteiger partial charge in [-0.05, 0) is 12.1 Å². The lowest BCUT2D eigenvalue weighted by molar-refractivity contribution is -0.119. The molecule has 0 aliphatic carbocycles. The number of thiazole rings is 1. The summed E-state index contributed by atoms with van der Waals surface area (Å²) in [5, 5.41) is 12.3. The fourth-order valence-electron chi connectivity index (χ4n) is 2.31. The number of methoxy groups -OCH3 is 1. The lowest BCUT2D eigenvalue weighted by Crippen LogP contribution is -2.36. The second-order valence-electron chi connectivity index (χ2n) is 5.58. The van der Waals surface area contributed by atoms with Gasteiger partial charge in [0.25, 0.3) is 0 Å². The van der Waals surface area contributed by atoms with E-state index in [4.69, 9.17) is 4.74 Å². The Labute approximate surface area is 159 Å². The Morgan fingerprint density at radius 2 is 2.31 bits per heavy atom. The Morgan fingerprint density at radius 3 is 3.04 bits per heavy atom. The van der Waals surface area contributed by atoms with Gasteiger partial charge in [0, 0.05) is 26.4 Å². The normalized spacial score (nSPS) is 10.9. The number of carbonyl (C=O) groups excluding carboxylic acids is 1. The number of anilines is 1. The number of hydrogen-bond acceptors (Lipinski definition) is 8. The van der Waals surface area contributed by atoms with Crippen LogP contribution in [0.3, 0.4) is 0 Å². The topological polar surface area (TPSA) is 85.2 Å². The van der Waals surface area contributed by atoms with Crippen molar-refractivity contribution in [3.63, 3.8) is 0 Å². The number of aromatic nitrogens is 4. The molecule has 0 aliphatic rings. The molecule has 0 spiro atoms. The van der Waals surface area contributed by atoms with Gasteiger partial charge in [0.1, 0.15) is 17.6 Å². The van der Waals surface area contributed by atoms with Crippen LogP contribution in [0.25, 0.3) is 10.2 Å². The summed E-state index contributed by atoms with van der Waals surface area (Å²) in [6, 6.07) is 5.81. The number of carbonyl (C=O) groups is 1. The van der Waals surface area contributed by atoms with Crippen LogP contribution >= 0.6 is 23.1 Å². The molecule has 1 aromatic carbocycles. The third kappa shape index (κ3) is 4.25. The molecule has 2 heterocycles. The zero-order chi connectivity index (χ0) is 18.5. The quantitative estimate of drug-likeness (QED) is 0.462. The highest BCUT2D eigenvalue weighted by molar-refractivity contribution is 7.99. The minimum Gasteiger partial charge on any atom is -0.494 e. The van der Waals surface area contributed by atoms with Crippen LogP contribution < -0.4 is 15.0 Å². The first-order valence-electron chi connectivity index (χ1n) is 7.96. The first kappa shape index (κ1) is 18.5. The highest BCUT2D eigenvalue weighted by Crippen LogP contribution is 2.33. The van der Waals surface area contributed by atoms with Gasteiger partial charge < -0.3 is 19.5 Å². The lowest BCUT2D eigenvalue weighted by Gasteiger charge is -2.15. The van der Waals surface area contributed by atoms with E-state index in [1.807, 2.05) is 41.8 Å². The van der Waals surface area contributed by atoms with Crippen LogP contribution in [0.1, 0.15) is 0 Å². The number of fused-ring (bicyclic) bond motifs is 1. The highest BCUT2D eigenvalue weighted by Gasteiger charge is 2.14. The number of hydrogen-bond donors (Lipinski definition) is 1. The van der Waals surface area contributed by atoms with Crippen molar-refractivity contribution in [3.05, 3.63) is 24.5 Å². The molecule has 0 radical (unpaired) electrons. The molecule has 2 aromatic heterocycles. The van der Waals surface area contributed by atoms with Gasteiger partial charge in [-0.3, -0.25) is 4.79 Å². The minimum absolute atomic E-state index is 0.0442. The summed E-state index contributed by atoms with van der Waals surface area (Å²) in [6.45, 7) is 0.814. The van der Waals surface area contributed by atoms with Gasteiger partial charge in [-0.1, -0.05) is 29.2 Å². The summed E-state index contributed by atoms with van der Waals surface area (Å²) in [6.07, 6.45) is 1.66. The average molecular weight is 393 g/mol. The summed E-state index contributed by atoms with van der Waals surface area (Å²) >= 11 is 3.09. The van der Waals surface area contributed by atoms with Crippen LogP contribution in [0, 0.1) is 0 Å². The van der Waals surface area contributed by atoms with Crippen LogP contribution in [0.2, 0.25) is 0 Å². The Kier molecular flexibility index (Phi) is 5.94. The van der Waals surface area contributed by atoms with E-state index in [1.54, 1.807) is 25.2 Å². The SMILES string of the molecule is COc1cccc2sc(N(C)CC(=O)NCCSc3nncn3C)nc12. The van der Waals surface area contributed by atoms with E-state index in [9.17, 15) is 4.79 Å². The van der Waals surface area contributed by atoms with Crippen molar-refractivity contribution >= 4 is 44.4 Å². The zero-order valence-electron chi connectivity index (χ0n) is 14.8. The van der Waals surface area contributed by atoms with Crippen molar-refractivity contribution in [1.29, 1.82) is 0 Å². The Bertz CT molecular complexity index is 894. The number of benzene rings is 1. The first-order chi connectivity index (χ1) is 12.6. The summed E-state index contributed by atoms with van der Waals surface area (Å²) in [4.78, 5) is 18.6. The molecule has 10 heteroatoms. The van der Waals surface area contributed by atoms with E-state index in [-0.39, 0.29) is 12.5 Å². The second-order valence-corrected chi connectivity index (χ2v) is 7.65. The van der Waals surface area contributed by atoms with E-state index < -0.39 is 0 Å². The molecule has 3 aromatic rings. The maximum atomic E-state index is 12.2. The molecule has 3 rings (SSSR count). The molecule has 0 atom stereocenters. The molecular formula is C16H20N6O2S2. The molecule has 26 heavy (non-hydrogen) atoms. The molecule has 0 saturated heterocycles. The van der Waals surface area contributed by atoms with Gasteiger partial charge in [-0.25, -0.2) is 4.98 Å². The maximum absolute atomic E-state index is 12.2. The smallest absolute Gasteiger partial charge is 0.239 e. The fourth-order valence-corrected chi connectivity index (χ4v) is 4.00. The van der Waals surface area contributed by atoms with Gasteiger partial charge in [0.15, 0.2) is 10.3 Å². The van der Waals surface area contributed by atoms with Gasteiger partial charge in [0.2, 0.25) is 5.91 Å². The molecule has 1 amide bonds. The van der Waals surface area contributed by atoms with Crippen LogP contribution in [0.4, 0.5) is 5.13 Å². The predicted octanol–water partition coefficient (Wildman–Crippen LogP) is 1.78. The van der Waals surface area contributed by atoms with Gasteiger partial charge in [0.05, 0.1) is 18.4 Å². The molecule has 0 saturated carbocycles. The number of likely N-dealkylation sites (N-methyl/N-ethyl adjacent to an activating group) is 1.